The normalized spacial score (nSPS) is 12.5. The van der Waals surface area contributed by atoms with E-state index in [9.17, 15) is 18.0 Å². The van der Waals surface area contributed by atoms with Crippen LogP contribution in [-0.4, -0.2) is 43.3 Å². The number of carbonyl (C=O) groups excluding carboxylic acids is 2. The Labute approximate surface area is 257 Å². The smallest absolute Gasteiger partial charge is 0.264 e. The summed E-state index contributed by atoms with van der Waals surface area (Å²) in [7, 11) is -4.20. The summed E-state index contributed by atoms with van der Waals surface area (Å²) in [6, 6.07) is 15.1. The van der Waals surface area contributed by atoms with Gasteiger partial charge in [-0.25, -0.2) is 8.42 Å². The summed E-state index contributed by atoms with van der Waals surface area (Å²) in [6.07, 6.45) is 0. The van der Waals surface area contributed by atoms with Gasteiger partial charge in [0.05, 0.1) is 20.6 Å². The molecule has 2 amide bonds. The van der Waals surface area contributed by atoms with E-state index in [4.69, 9.17) is 34.8 Å². The summed E-state index contributed by atoms with van der Waals surface area (Å²) in [5.41, 5.74) is 1.92. The van der Waals surface area contributed by atoms with Gasteiger partial charge in [-0.15, -0.1) is 0 Å². The average Bonchev–Trinajstić information content (AvgIpc) is 2.88. The lowest BCUT2D eigenvalue weighted by Gasteiger charge is -2.33. The molecule has 0 heterocycles. The summed E-state index contributed by atoms with van der Waals surface area (Å²) in [6.45, 7) is 10.1. The number of nitrogens with zero attached hydrogens (tertiary/aromatic N) is 2. The highest BCUT2D eigenvalue weighted by atomic mass is 35.5. The van der Waals surface area contributed by atoms with Crippen LogP contribution in [0.5, 0.6) is 0 Å². The molecule has 7 nitrogen and oxygen atoms in total. The number of carbonyl (C=O) groups is 2. The van der Waals surface area contributed by atoms with E-state index in [1.807, 2.05) is 27.7 Å². The maximum absolute atomic E-state index is 14.0. The molecule has 3 aromatic carbocycles. The van der Waals surface area contributed by atoms with E-state index in [0.29, 0.717) is 20.6 Å². The fraction of sp³-hybridized carbons (Fsp3) is 0.333. The maximum atomic E-state index is 14.0. The lowest BCUT2D eigenvalue weighted by Crippen LogP contribution is -2.54. The van der Waals surface area contributed by atoms with Gasteiger partial charge in [0.25, 0.3) is 10.0 Å². The molecule has 0 aliphatic carbocycles. The highest BCUT2D eigenvalue weighted by Crippen LogP contribution is 2.29. The zero-order valence-electron chi connectivity index (χ0n) is 23.8. The van der Waals surface area contributed by atoms with Gasteiger partial charge in [-0.3, -0.25) is 13.9 Å². The molecule has 0 saturated heterocycles. The number of rotatable bonds is 9. The Hall–Kier alpha value is -2.78. The number of aryl methyl sites for hydroxylation is 2. The number of amides is 2. The monoisotopic (exact) mass is 637 g/mol. The predicted octanol–water partition coefficient (Wildman–Crippen LogP) is 6.79. The molecule has 0 radical (unpaired) electrons. The van der Waals surface area contributed by atoms with Crippen molar-refractivity contribution in [1.82, 2.24) is 10.2 Å². The Bertz CT molecular complexity index is 1540. The quantitative estimate of drug-likeness (QED) is 0.280. The van der Waals surface area contributed by atoms with Crippen LogP contribution in [0.3, 0.4) is 0 Å². The number of benzene rings is 3. The Morgan fingerprint density at radius 1 is 0.878 bits per heavy atom. The first-order valence-electron chi connectivity index (χ1n) is 12.9. The van der Waals surface area contributed by atoms with Crippen LogP contribution in [0, 0.1) is 13.8 Å². The molecule has 0 aliphatic heterocycles. The first kappa shape index (κ1) is 32.7. The van der Waals surface area contributed by atoms with Crippen LogP contribution in [0.1, 0.15) is 44.4 Å². The molecule has 3 rings (SSSR count). The van der Waals surface area contributed by atoms with E-state index >= 15 is 0 Å². The minimum Gasteiger partial charge on any atom is -0.350 e. The van der Waals surface area contributed by atoms with Crippen LogP contribution in [0.4, 0.5) is 5.69 Å². The largest absolute Gasteiger partial charge is 0.350 e. The van der Waals surface area contributed by atoms with E-state index in [1.165, 1.54) is 23.1 Å². The SMILES string of the molecule is Cc1ccc(S(=O)(=O)N(CC(=O)N(Cc2ccc(Cl)c(Cl)c2)C(C)C(=O)NC(C)(C)C)c2ccc(C)c(Cl)c2)cc1. The number of hydrogen-bond acceptors (Lipinski definition) is 4. The van der Waals surface area contributed by atoms with Gasteiger partial charge < -0.3 is 10.2 Å². The number of nitrogens with one attached hydrogen (secondary N) is 1. The summed E-state index contributed by atoms with van der Waals surface area (Å²) in [5.74, 6) is -0.989. The lowest BCUT2D eigenvalue weighted by molar-refractivity contribution is -0.140. The van der Waals surface area contributed by atoms with Crippen LogP contribution in [0.15, 0.2) is 65.6 Å². The third-order valence-corrected chi connectivity index (χ3v) is 9.27. The first-order chi connectivity index (χ1) is 19.0. The van der Waals surface area contributed by atoms with Crippen LogP contribution >= 0.6 is 34.8 Å². The highest BCUT2D eigenvalue weighted by Gasteiger charge is 2.33. The van der Waals surface area contributed by atoms with Crippen molar-refractivity contribution >= 4 is 62.3 Å². The molecule has 11 heteroatoms. The number of anilines is 1. The van der Waals surface area contributed by atoms with E-state index in [-0.39, 0.29) is 17.1 Å². The zero-order chi connectivity index (χ0) is 30.7. The molecule has 0 fully saturated rings. The van der Waals surface area contributed by atoms with E-state index in [0.717, 1.165) is 15.4 Å². The van der Waals surface area contributed by atoms with E-state index in [1.54, 1.807) is 56.3 Å². The van der Waals surface area contributed by atoms with Gasteiger partial charge in [-0.2, -0.15) is 0 Å². The summed E-state index contributed by atoms with van der Waals surface area (Å²) in [4.78, 5) is 28.6. The molecule has 0 spiro atoms. The minimum absolute atomic E-state index is 0.0124. The van der Waals surface area contributed by atoms with Crippen molar-refractivity contribution in [2.24, 2.45) is 0 Å². The fourth-order valence-corrected chi connectivity index (χ4v) is 5.90. The Kier molecular flexibility index (Phi) is 10.4. The van der Waals surface area contributed by atoms with Crippen molar-refractivity contribution in [3.05, 3.63) is 92.4 Å². The molecule has 0 aromatic heterocycles. The molecule has 41 heavy (non-hydrogen) atoms. The molecule has 1 unspecified atom stereocenters. The van der Waals surface area contributed by atoms with Gasteiger partial charge in [-0.1, -0.05) is 64.6 Å². The molecule has 1 atom stereocenters. The van der Waals surface area contributed by atoms with E-state index in [2.05, 4.69) is 5.32 Å². The van der Waals surface area contributed by atoms with Gasteiger partial charge in [0, 0.05) is 17.1 Å². The Balaban J connectivity index is 2.08. The van der Waals surface area contributed by atoms with Crippen molar-refractivity contribution in [3.8, 4) is 0 Å². The van der Waals surface area contributed by atoms with Crippen LogP contribution in [-0.2, 0) is 26.2 Å². The number of halogens is 3. The molecule has 1 N–H and O–H groups in total. The molecule has 0 aliphatic rings. The van der Waals surface area contributed by atoms with Crippen LogP contribution in [0.25, 0.3) is 0 Å². The van der Waals surface area contributed by atoms with Crippen LogP contribution in [0.2, 0.25) is 15.1 Å². The summed E-state index contributed by atoms with van der Waals surface area (Å²) < 4.78 is 28.9. The summed E-state index contributed by atoms with van der Waals surface area (Å²) in [5, 5.41) is 3.88. The number of hydrogen-bond donors (Lipinski definition) is 1. The van der Waals surface area contributed by atoms with Crippen molar-refractivity contribution in [2.45, 2.75) is 64.6 Å². The van der Waals surface area contributed by atoms with Crippen molar-refractivity contribution in [1.29, 1.82) is 0 Å². The zero-order valence-corrected chi connectivity index (χ0v) is 26.9. The third kappa shape index (κ3) is 8.38. The van der Waals surface area contributed by atoms with Crippen molar-refractivity contribution in [3.63, 3.8) is 0 Å². The Morgan fingerprint density at radius 2 is 1.51 bits per heavy atom. The standard InChI is InChI=1S/C30H34Cl3N3O4S/c1-19-7-12-24(13-8-19)41(39,40)36(23-11-9-20(2)26(32)16-23)18-28(37)35(21(3)29(38)34-30(4,5)6)17-22-10-14-25(31)27(33)15-22/h7-16,21H,17-18H2,1-6H3,(H,34,38). The molecular weight excluding hydrogens is 605 g/mol. The second kappa shape index (κ2) is 13.0. The second-order valence-electron chi connectivity index (χ2n) is 10.9. The second-order valence-corrected chi connectivity index (χ2v) is 14.0. The molecular formula is C30H34Cl3N3O4S. The van der Waals surface area contributed by atoms with Crippen LogP contribution < -0.4 is 9.62 Å². The maximum Gasteiger partial charge on any atom is 0.264 e. The lowest BCUT2D eigenvalue weighted by atomic mass is 10.1. The molecule has 3 aromatic rings. The predicted molar refractivity (Wildman–Crippen MR) is 166 cm³/mol. The van der Waals surface area contributed by atoms with Crippen molar-refractivity contribution in [2.75, 3.05) is 10.8 Å². The van der Waals surface area contributed by atoms with Gasteiger partial charge in [0.15, 0.2) is 0 Å². The first-order valence-corrected chi connectivity index (χ1v) is 15.5. The van der Waals surface area contributed by atoms with E-state index < -0.39 is 40.0 Å². The third-order valence-electron chi connectivity index (χ3n) is 6.33. The molecule has 220 valence electrons. The average molecular weight is 639 g/mol. The van der Waals surface area contributed by atoms with Gasteiger partial charge in [0.2, 0.25) is 11.8 Å². The van der Waals surface area contributed by atoms with Crippen molar-refractivity contribution < 1.29 is 18.0 Å². The summed E-state index contributed by atoms with van der Waals surface area (Å²) >= 11 is 18.7. The fourth-order valence-electron chi connectivity index (χ4n) is 3.99. The van der Waals surface area contributed by atoms with Gasteiger partial charge in [-0.05, 0) is 89.1 Å². The number of sulfonamides is 1. The highest BCUT2D eigenvalue weighted by molar-refractivity contribution is 7.92. The van der Waals surface area contributed by atoms with Gasteiger partial charge in [0.1, 0.15) is 12.6 Å². The molecule has 0 saturated carbocycles. The topological polar surface area (TPSA) is 86.8 Å². The molecule has 0 bridgehead atoms. The minimum atomic E-state index is -4.20. The van der Waals surface area contributed by atoms with Gasteiger partial charge >= 0.3 is 0 Å². The Morgan fingerprint density at radius 3 is 2.07 bits per heavy atom.